The first-order valence-electron chi connectivity index (χ1n) is 10.6. The number of hydrogen-bond acceptors (Lipinski definition) is 6. The number of carbonyl (C=O) groups is 3. The van der Waals surface area contributed by atoms with Crippen molar-refractivity contribution in [2.24, 2.45) is 0 Å². The summed E-state index contributed by atoms with van der Waals surface area (Å²) in [7, 11) is 0. The molecule has 0 saturated heterocycles. The molecule has 1 N–H and O–H groups in total. The summed E-state index contributed by atoms with van der Waals surface area (Å²) in [6.07, 6.45) is 1.37. The van der Waals surface area contributed by atoms with Gasteiger partial charge in [0.1, 0.15) is 0 Å². The van der Waals surface area contributed by atoms with Crippen molar-refractivity contribution in [1.82, 2.24) is 14.8 Å². The minimum atomic E-state index is -0.684. The number of nitrogens with one attached hydrogen (secondary N) is 1. The molecular weight excluding hydrogens is 432 g/mol. The Labute approximate surface area is 196 Å². The lowest BCUT2D eigenvalue weighted by Gasteiger charge is -2.11. The van der Waals surface area contributed by atoms with E-state index in [1.807, 2.05) is 26.0 Å². The lowest BCUT2D eigenvalue weighted by Crippen LogP contribution is -2.22. The molecule has 34 heavy (non-hydrogen) atoms. The van der Waals surface area contributed by atoms with Crippen LogP contribution in [0.5, 0.6) is 0 Å². The van der Waals surface area contributed by atoms with Crippen molar-refractivity contribution in [2.45, 2.75) is 13.8 Å². The second-order valence-electron chi connectivity index (χ2n) is 7.61. The third kappa shape index (κ3) is 5.07. The summed E-state index contributed by atoms with van der Waals surface area (Å²) in [5.41, 5.74) is 3.18. The van der Waals surface area contributed by atoms with E-state index in [0.29, 0.717) is 22.6 Å². The smallest absolute Gasteiger partial charge is 0.340 e. The summed E-state index contributed by atoms with van der Waals surface area (Å²) in [6.45, 7) is 3.29. The number of pyridine rings is 1. The molecule has 0 aliphatic heterocycles. The van der Waals surface area contributed by atoms with Crippen LogP contribution in [0.4, 0.5) is 5.69 Å². The summed E-state index contributed by atoms with van der Waals surface area (Å²) in [5, 5.41) is 7.00. The highest BCUT2D eigenvalue weighted by atomic mass is 16.5. The molecule has 0 aliphatic rings. The normalized spacial score (nSPS) is 10.5. The van der Waals surface area contributed by atoms with Gasteiger partial charge in [0.2, 0.25) is 0 Å². The average Bonchev–Trinajstić information content (AvgIpc) is 3.20. The molecule has 8 nitrogen and oxygen atoms in total. The number of carbonyl (C=O) groups excluding carboxylic acids is 3. The fourth-order valence-corrected chi connectivity index (χ4v) is 3.43. The van der Waals surface area contributed by atoms with Gasteiger partial charge in [-0.25, -0.2) is 14.5 Å². The molecule has 4 rings (SSSR count). The van der Waals surface area contributed by atoms with Crippen LogP contribution >= 0.6 is 0 Å². The Bertz CT molecular complexity index is 1340. The predicted octanol–water partition coefficient (Wildman–Crippen LogP) is 3.91. The molecule has 0 bridgehead atoms. The van der Waals surface area contributed by atoms with Crippen LogP contribution in [0.3, 0.4) is 0 Å². The van der Waals surface area contributed by atoms with Crippen molar-refractivity contribution in [3.63, 3.8) is 0 Å². The van der Waals surface area contributed by atoms with Crippen LogP contribution in [0.1, 0.15) is 37.7 Å². The first-order valence-corrected chi connectivity index (χ1v) is 10.6. The molecule has 8 heteroatoms. The second-order valence-corrected chi connectivity index (χ2v) is 7.61. The summed E-state index contributed by atoms with van der Waals surface area (Å²) < 4.78 is 6.79. The van der Waals surface area contributed by atoms with Crippen LogP contribution in [-0.2, 0) is 9.53 Å². The third-order valence-corrected chi connectivity index (χ3v) is 5.03. The minimum Gasteiger partial charge on any atom is -0.452 e. The van der Waals surface area contributed by atoms with Gasteiger partial charge in [-0.05, 0) is 44.2 Å². The number of para-hydroxylation sites is 1. The predicted molar refractivity (Wildman–Crippen MR) is 126 cm³/mol. The SMILES string of the molecule is Cc1cc(C)n(-c2ccc(C(=O)OCC(=O)Nc3ccccc3C(=O)c3ccccc3)cn2)n1. The van der Waals surface area contributed by atoms with E-state index in [0.717, 1.165) is 11.4 Å². The number of benzene rings is 2. The van der Waals surface area contributed by atoms with Gasteiger partial charge in [0.25, 0.3) is 5.91 Å². The fourth-order valence-electron chi connectivity index (χ4n) is 3.43. The number of aryl methyl sites for hydroxylation is 2. The Morgan fingerprint density at radius 3 is 2.32 bits per heavy atom. The Morgan fingerprint density at radius 1 is 0.912 bits per heavy atom. The molecule has 2 aromatic carbocycles. The fraction of sp³-hybridized carbons (Fsp3) is 0.115. The molecule has 4 aromatic rings. The van der Waals surface area contributed by atoms with Gasteiger partial charge < -0.3 is 10.1 Å². The topological polar surface area (TPSA) is 103 Å². The average molecular weight is 454 g/mol. The number of nitrogens with zero attached hydrogens (tertiary/aromatic N) is 3. The number of ether oxygens (including phenoxy) is 1. The lowest BCUT2D eigenvalue weighted by molar-refractivity contribution is -0.119. The van der Waals surface area contributed by atoms with Crippen molar-refractivity contribution in [1.29, 1.82) is 0 Å². The van der Waals surface area contributed by atoms with Gasteiger partial charge >= 0.3 is 5.97 Å². The van der Waals surface area contributed by atoms with Crippen molar-refractivity contribution >= 4 is 23.3 Å². The van der Waals surface area contributed by atoms with Gasteiger partial charge in [-0.2, -0.15) is 5.10 Å². The number of esters is 1. The van der Waals surface area contributed by atoms with E-state index < -0.39 is 18.5 Å². The molecule has 0 unspecified atom stereocenters. The Kier molecular flexibility index (Phi) is 6.59. The van der Waals surface area contributed by atoms with E-state index in [4.69, 9.17) is 4.74 Å². The molecule has 2 heterocycles. The highest BCUT2D eigenvalue weighted by molar-refractivity contribution is 6.14. The minimum absolute atomic E-state index is 0.206. The number of aromatic nitrogens is 3. The maximum absolute atomic E-state index is 12.8. The quantitative estimate of drug-likeness (QED) is 0.335. The number of ketones is 1. The summed E-state index contributed by atoms with van der Waals surface area (Å²) in [6, 6.07) is 20.6. The molecule has 0 atom stereocenters. The van der Waals surface area contributed by atoms with Gasteiger partial charge in [0.05, 0.1) is 16.9 Å². The molecule has 0 spiro atoms. The number of amides is 1. The van der Waals surface area contributed by atoms with Gasteiger partial charge in [0, 0.05) is 23.0 Å². The van der Waals surface area contributed by atoms with Gasteiger partial charge in [-0.3, -0.25) is 9.59 Å². The molecule has 0 radical (unpaired) electrons. The zero-order valence-electron chi connectivity index (χ0n) is 18.7. The van der Waals surface area contributed by atoms with Crippen LogP contribution in [0, 0.1) is 13.8 Å². The Hall–Kier alpha value is -4.59. The van der Waals surface area contributed by atoms with E-state index in [1.165, 1.54) is 6.20 Å². The molecule has 1 amide bonds. The van der Waals surface area contributed by atoms with Crippen LogP contribution in [-0.4, -0.2) is 39.0 Å². The third-order valence-electron chi connectivity index (χ3n) is 5.03. The highest BCUT2D eigenvalue weighted by Crippen LogP contribution is 2.19. The first-order chi connectivity index (χ1) is 16.4. The van der Waals surface area contributed by atoms with Gasteiger partial charge in [-0.1, -0.05) is 42.5 Å². The Morgan fingerprint density at radius 2 is 1.65 bits per heavy atom. The van der Waals surface area contributed by atoms with Crippen LogP contribution in [0.2, 0.25) is 0 Å². The van der Waals surface area contributed by atoms with Crippen LogP contribution < -0.4 is 5.32 Å². The zero-order valence-corrected chi connectivity index (χ0v) is 18.7. The van der Waals surface area contributed by atoms with Crippen molar-refractivity contribution in [3.8, 4) is 5.82 Å². The Balaban J connectivity index is 1.38. The first kappa shape index (κ1) is 22.6. The summed E-state index contributed by atoms with van der Waals surface area (Å²) in [5.74, 6) is -0.896. The number of hydrogen-bond donors (Lipinski definition) is 1. The monoisotopic (exact) mass is 454 g/mol. The van der Waals surface area contributed by atoms with E-state index in [2.05, 4.69) is 15.4 Å². The van der Waals surface area contributed by atoms with Crippen molar-refractivity contribution in [2.75, 3.05) is 11.9 Å². The molecule has 170 valence electrons. The summed E-state index contributed by atoms with van der Waals surface area (Å²) in [4.78, 5) is 41.8. The molecular formula is C26H22N4O4. The van der Waals surface area contributed by atoms with Crippen LogP contribution in [0.25, 0.3) is 5.82 Å². The molecule has 0 saturated carbocycles. The van der Waals surface area contributed by atoms with Crippen molar-refractivity contribution in [3.05, 3.63) is 107 Å². The highest BCUT2D eigenvalue weighted by Gasteiger charge is 2.16. The van der Waals surface area contributed by atoms with E-state index in [-0.39, 0.29) is 11.3 Å². The van der Waals surface area contributed by atoms with Crippen LogP contribution in [0.15, 0.2) is 79.0 Å². The lowest BCUT2D eigenvalue weighted by atomic mass is 10.0. The molecule has 2 aromatic heterocycles. The molecule has 0 fully saturated rings. The van der Waals surface area contributed by atoms with E-state index in [9.17, 15) is 14.4 Å². The summed E-state index contributed by atoms with van der Waals surface area (Å²) >= 11 is 0. The maximum Gasteiger partial charge on any atom is 0.340 e. The largest absolute Gasteiger partial charge is 0.452 e. The zero-order chi connectivity index (χ0) is 24.1. The number of rotatable bonds is 7. The standard InChI is InChI=1S/C26H22N4O4/c1-17-14-18(2)30(29-17)23-13-12-20(15-27-23)26(33)34-16-24(31)28-22-11-7-6-10-21(22)25(32)19-8-4-3-5-9-19/h3-15H,16H2,1-2H3,(H,28,31). The van der Waals surface area contributed by atoms with E-state index >= 15 is 0 Å². The van der Waals surface area contributed by atoms with Gasteiger partial charge in [-0.15, -0.1) is 0 Å². The molecule has 0 aliphatic carbocycles. The van der Waals surface area contributed by atoms with E-state index in [1.54, 1.807) is 65.3 Å². The van der Waals surface area contributed by atoms with Gasteiger partial charge in [0.15, 0.2) is 18.2 Å². The second kappa shape index (κ2) is 9.91. The number of anilines is 1. The maximum atomic E-state index is 12.8. The van der Waals surface area contributed by atoms with Crippen molar-refractivity contribution < 1.29 is 19.1 Å².